The van der Waals surface area contributed by atoms with Crippen LogP contribution in [0.1, 0.15) is 12.0 Å². The Morgan fingerprint density at radius 2 is 2.39 bits per heavy atom. The van der Waals surface area contributed by atoms with Crippen molar-refractivity contribution in [3.8, 4) is 5.75 Å². The van der Waals surface area contributed by atoms with E-state index in [-0.39, 0.29) is 11.9 Å². The number of hydrogen-bond donors (Lipinski definition) is 1. The van der Waals surface area contributed by atoms with Crippen LogP contribution in [-0.4, -0.2) is 32.9 Å². The molecule has 4 heteroatoms. The highest BCUT2D eigenvalue weighted by atomic mass is 19.1. The normalized spacial score (nSPS) is 20.9. The third-order valence-corrected chi connectivity index (χ3v) is 3.46. The fraction of sp³-hybridized carbons (Fsp3) is 0.571. The van der Waals surface area contributed by atoms with Gasteiger partial charge in [-0.3, -0.25) is 0 Å². The topological polar surface area (TPSA) is 30.5 Å². The van der Waals surface area contributed by atoms with Gasteiger partial charge in [0.2, 0.25) is 0 Å². The Bertz CT molecular complexity index is 391. The number of benzene rings is 1. The molecule has 1 saturated heterocycles. The zero-order valence-electron chi connectivity index (χ0n) is 10.9. The van der Waals surface area contributed by atoms with Gasteiger partial charge in [-0.1, -0.05) is 0 Å². The molecule has 0 radical (unpaired) electrons. The van der Waals surface area contributed by atoms with Crippen LogP contribution in [0.4, 0.5) is 4.39 Å². The van der Waals surface area contributed by atoms with Gasteiger partial charge in [-0.05, 0) is 44.2 Å². The third kappa shape index (κ3) is 3.21. The molecule has 1 aliphatic heterocycles. The molecule has 1 fully saturated rings. The van der Waals surface area contributed by atoms with Gasteiger partial charge >= 0.3 is 0 Å². The first kappa shape index (κ1) is 13.3. The molecule has 0 aliphatic carbocycles. The third-order valence-electron chi connectivity index (χ3n) is 3.46. The van der Waals surface area contributed by atoms with Gasteiger partial charge in [0.05, 0.1) is 6.61 Å². The first-order valence-electron chi connectivity index (χ1n) is 6.34. The fourth-order valence-corrected chi connectivity index (χ4v) is 2.28. The Kier molecular flexibility index (Phi) is 4.55. The van der Waals surface area contributed by atoms with Gasteiger partial charge in [-0.25, -0.2) is 4.39 Å². The molecular formula is C14H20FNO2. The Morgan fingerprint density at radius 3 is 3.00 bits per heavy atom. The molecule has 2 atom stereocenters. The van der Waals surface area contributed by atoms with Crippen LogP contribution in [0.3, 0.4) is 0 Å². The quantitative estimate of drug-likeness (QED) is 0.872. The van der Waals surface area contributed by atoms with Gasteiger partial charge in [-0.2, -0.15) is 0 Å². The summed E-state index contributed by atoms with van der Waals surface area (Å²) in [5.41, 5.74) is 0.826. The molecule has 0 aromatic heterocycles. The standard InChI is InChI=1S/C14H20FNO2/c1-10-7-12(15)3-4-14(10)18-9-13(16-2)11-5-6-17-8-11/h3-4,7,11,13,16H,5-6,8-9H2,1-2H3. The number of rotatable bonds is 5. The van der Waals surface area contributed by atoms with Crippen molar-refractivity contribution < 1.29 is 13.9 Å². The molecule has 0 spiro atoms. The summed E-state index contributed by atoms with van der Waals surface area (Å²) in [6, 6.07) is 4.87. The first-order valence-corrected chi connectivity index (χ1v) is 6.34. The molecule has 1 aromatic carbocycles. The van der Waals surface area contributed by atoms with Crippen molar-refractivity contribution in [1.29, 1.82) is 0 Å². The Balaban J connectivity index is 1.92. The van der Waals surface area contributed by atoms with Gasteiger partial charge in [0, 0.05) is 18.6 Å². The number of halogens is 1. The summed E-state index contributed by atoms with van der Waals surface area (Å²) in [6.45, 7) is 4.05. The smallest absolute Gasteiger partial charge is 0.123 e. The lowest BCUT2D eigenvalue weighted by molar-refractivity contribution is 0.162. The highest BCUT2D eigenvalue weighted by Gasteiger charge is 2.25. The van der Waals surface area contributed by atoms with E-state index in [2.05, 4.69) is 5.32 Å². The van der Waals surface area contributed by atoms with Gasteiger partial charge in [0.1, 0.15) is 18.2 Å². The maximum Gasteiger partial charge on any atom is 0.123 e. The van der Waals surface area contributed by atoms with E-state index in [4.69, 9.17) is 9.47 Å². The molecule has 1 aliphatic rings. The van der Waals surface area contributed by atoms with E-state index in [1.54, 1.807) is 6.07 Å². The summed E-state index contributed by atoms with van der Waals surface area (Å²) in [6.07, 6.45) is 1.07. The van der Waals surface area contributed by atoms with Crippen LogP contribution >= 0.6 is 0 Å². The Labute approximate surface area is 107 Å². The fourth-order valence-electron chi connectivity index (χ4n) is 2.28. The first-order chi connectivity index (χ1) is 8.70. The van der Waals surface area contributed by atoms with Gasteiger partial charge in [-0.15, -0.1) is 0 Å². The number of nitrogens with one attached hydrogen (secondary N) is 1. The molecule has 3 nitrogen and oxygen atoms in total. The monoisotopic (exact) mass is 253 g/mol. The van der Waals surface area contributed by atoms with Crippen molar-refractivity contribution in [1.82, 2.24) is 5.32 Å². The lowest BCUT2D eigenvalue weighted by Gasteiger charge is -2.22. The largest absolute Gasteiger partial charge is 0.492 e. The van der Waals surface area contributed by atoms with Crippen molar-refractivity contribution in [2.24, 2.45) is 5.92 Å². The molecule has 0 bridgehead atoms. The highest BCUT2D eigenvalue weighted by molar-refractivity contribution is 5.32. The molecular weight excluding hydrogens is 233 g/mol. The van der Waals surface area contributed by atoms with Crippen molar-refractivity contribution in [2.75, 3.05) is 26.9 Å². The Hall–Kier alpha value is -1.13. The highest BCUT2D eigenvalue weighted by Crippen LogP contribution is 2.21. The number of hydrogen-bond acceptors (Lipinski definition) is 3. The van der Waals surface area contributed by atoms with Gasteiger partial charge in [0.15, 0.2) is 0 Å². The summed E-state index contributed by atoms with van der Waals surface area (Å²) in [5, 5.41) is 3.27. The average molecular weight is 253 g/mol. The minimum Gasteiger partial charge on any atom is -0.492 e. The van der Waals surface area contributed by atoms with Crippen molar-refractivity contribution in [3.63, 3.8) is 0 Å². The van der Waals surface area contributed by atoms with Crippen LogP contribution < -0.4 is 10.1 Å². The van der Waals surface area contributed by atoms with Crippen LogP contribution in [0.2, 0.25) is 0 Å². The zero-order chi connectivity index (χ0) is 13.0. The summed E-state index contributed by atoms with van der Waals surface area (Å²) in [4.78, 5) is 0. The number of likely N-dealkylation sites (N-methyl/N-ethyl adjacent to an activating group) is 1. The number of aryl methyl sites for hydroxylation is 1. The molecule has 0 saturated carbocycles. The molecule has 100 valence electrons. The predicted octanol–water partition coefficient (Wildman–Crippen LogP) is 2.14. The van der Waals surface area contributed by atoms with Crippen LogP contribution in [0, 0.1) is 18.7 Å². The maximum absolute atomic E-state index is 13.0. The maximum atomic E-state index is 13.0. The lowest BCUT2D eigenvalue weighted by atomic mass is 10.00. The predicted molar refractivity (Wildman–Crippen MR) is 68.4 cm³/mol. The minimum absolute atomic E-state index is 0.228. The van der Waals surface area contributed by atoms with E-state index in [1.807, 2.05) is 14.0 Å². The molecule has 2 unspecified atom stereocenters. The van der Waals surface area contributed by atoms with Crippen molar-refractivity contribution >= 4 is 0 Å². The van der Waals surface area contributed by atoms with E-state index in [9.17, 15) is 4.39 Å². The minimum atomic E-state index is -0.228. The summed E-state index contributed by atoms with van der Waals surface area (Å²) >= 11 is 0. The van der Waals surface area contributed by atoms with Crippen molar-refractivity contribution in [3.05, 3.63) is 29.6 Å². The SMILES string of the molecule is CNC(COc1ccc(F)cc1C)C1CCOC1. The molecule has 18 heavy (non-hydrogen) atoms. The zero-order valence-corrected chi connectivity index (χ0v) is 10.9. The summed E-state index contributed by atoms with van der Waals surface area (Å²) in [7, 11) is 1.93. The van der Waals surface area contributed by atoms with E-state index in [1.165, 1.54) is 12.1 Å². The molecule has 1 heterocycles. The summed E-state index contributed by atoms with van der Waals surface area (Å²) in [5.74, 6) is 1.01. The number of ether oxygens (including phenoxy) is 2. The average Bonchev–Trinajstić information content (AvgIpc) is 2.86. The van der Waals surface area contributed by atoms with E-state index in [0.29, 0.717) is 12.5 Å². The summed E-state index contributed by atoms with van der Waals surface area (Å²) < 4.78 is 24.1. The van der Waals surface area contributed by atoms with Crippen LogP contribution in [0.25, 0.3) is 0 Å². The second-order valence-electron chi connectivity index (χ2n) is 4.74. The van der Waals surface area contributed by atoms with E-state index < -0.39 is 0 Å². The van der Waals surface area contributed by atoms with Crippen LogP contribution in [0.15, 0.2) is 18.2 Å². The lowest BCUT2D eigenvalue weighted by Crippen LogP contribution is -2.39. The van der Waals surface area contributed by atoms with E-state index >= 15 is 0 Å². The second kappa shape index (κ2) is 6.16. The Morgan fingerprint density at radius 1 is 1.56 bits per heavy atom. The van der Waals surface area contributed by atoms with E-state index in [0.717, 1.165) is 30.9 Å². The molecule has 2 rings (SSSR count). The van der Waals surface area contributed by atoms with Crippen molar-refractivity contribution in [2.45, 2.75) is 19.4 Å². The van der Waals surface area contributed by atoms with Gasteiger partial charge < -0.3 is 14.8 Å². The van der Waals surface area contributed by atoms with Crippen LogP contribution in [-0.2, 0) is 4.74 Å². The molecule has 1 aromatic rings. The van der Waals surface area contributed by atoms with Crippen LogP contribution in [0.5, 0.6) is 5.75 Å². The molecule has 0 amide bonds. The second-order valence-corrected chi connectivity index (χ2v) is 4.74. The van der Waals surface area contributed by atoms with Gasteiger partial charge in [0.25, 0.3) is 0 Å². The molecule has 1 N–H and O–H groups in total.